The Morgan fingerprint density at radius 2 is 1.89 bits per heavy atom. The summed E-state index contributed by atoms with van der Waals surface area (Å²) in [6.07, 6.45) is 0. The predicted octanol–water partition coefficient (Wildman–Crippen LogP) is 4.61. The molecule has 0 N–H and O–H groups in total. The van der Waals surface area contributed by atoms with E-state index in [2.05, 4.69) is 10.0 Å². The van der Waals surface area contributed by atoms with Gasteiger partial charge < -0.3 is 4.74 Å². The van der Waals surface area contributed by atoms with E-state index in [-0.39, 0.29) is 0 Å². The quantitative estimate of drug-likeness (QED) is 0.438. The molecule has 0 aromatic heterocycles. The first-order chi connectivity index (χ1) is 8.76. The number of methoxy groups -OCH3 is 1. The summed E-state index contributed by atoms with van der Waals surface area (Å²) in [5.74, 6) is 0.581. The molecule has 0 amide bonds. The molecule has 18 heavy (non-hydrogen) atoms. The van der Waals surface area contributed by atoms with Gasteiger partial charge in [-0.25, -0.2) is 0 Å². The molecule has 0 saturated heterocycles. The normalized spacial score (nSPS) is 9.67. The lowest BCUT2D eigenvalue weighted by molar-refractivity contribution is 0.416. The summed E-state index contributed by atoms with van der Waals surface area (Å²) in [6.45, 7) is 1.98. The average molecular weight is 239 g/mol. The summed E-state index contributed by atoms with van der Waals surface area (Å²) in [5, 5.41) is 3.63. The van der Waals surface area contributed by atoms with Crippen molar-refractivity contribution in [2.75, 3.05) is 7.11 Å². The Hall–Kier alpha value is -2.45. The van der Waals surface area contributed by atoms with Gasteiger partial charge in [0, 0.05) is 4.91 Å². The van der Waals surface area contributed by atoms with Crippen LogP contribution in [0.4, 0.5) is 5.69 Å². The summed E-state index contributed by atoms with van der Waals surface area (Å²) in [7, 11) is 1.57. The van der Waals surface area contributed by atoms with Crippen molar-refractivity contribution in [1.29, 1.82) is 0 Å². The molecular formula is C14H13N3O. The van der Waals surface area contributed by atoms with E-state index in [1.165, 1.54) is 0 Å². The van der Waals surface area contributed by atoms with E-state index in [0.717, 1.165) is 16.7 Å². The highest BCUT2D eigenvalue weighted by Crippen LogP contribution is 2.35. The molecular weight excluding hydrogens is 226 g/mol. The molecule has 0 atom stereocenters. The molecule has 0 spiro atoms. The van der Waals surface area contributed by atoms with Crippen LogP contribution in [0.3, 0.4) is 0 Å². The highest BCUT2D eigenvalue weighted by atomic mass is 16.5. The predicted molar refractivity (Wildman–Crippen MR) is 72.0 cm³/mol. The van der Waals surface area contributed by atoms with Crippen LogP contribution in [0.25, 0.3) is 21.6 Å². The lowest BCUT2D eigenvalue weighted by Crippen LogP contribution is -1.88. The zero-order chi connectivity index (χ0) is 13.0. The van der Waals surface area contributed by atoms with Gasteiger partial charge in [-0.05, 0) is 41.3 Å². The highest BCUT2D eigenvalue weighted by molar-refractivity contribution is 5.73. The Kier molecular flexibility index (Phi) is 3.51. The SMILES string of the molecule is COc1cc(-c2ccccc2)c(C)cc1N=[N+]=[N-]. The second-order valence-corrected chi connectivity index (χ2v) is 3.89. The molecule has 2 aromatic carbocycles. The fraction of sp³-hybridized carbons (Fsp3) is 0.143. The number of hydrogen-bond donors (Lipinski definition) is 0. The molecule has 0 radical (unpaired) electrons. The van der Waals surface area contributed by atoms with Crippen molar-refractivity contribution in [3.8, 4) is 16.9 Å². The third kappa shape index (κ3) is 2.29. The van der Waals surface area contributed by atoms with E-state index in [9.17, 15) is 0 Å². The van der Waals surface area contributed by atoms with Crippen molar-refractivity contribution in [2.45, 2.75) is 6.92 Å². The van der Waals surface area contributed by atoms with E-state index < -0.39 is 0 Å². The zero-order valence-electron chi connectivity index (χ0n) is 10.3. The lowest BCUT2D eigenvalue weighted by Gasteiger charge is -2.11. The standard InChI is InChI=1S/C14H13N3O/c1-10-8-13(16-17-15)14(18-2)9-12(10)11-6-4-3-5-7-11/h3-9H,1-2H3. The van der Waals surface area contributed by atoms with Crippen LogP contribution in [0.1, 0.15) is 5.56 Å². The fourth-order valence-corrected chi connectivity index (χ4v) is 1.89. The molecule has 0 aliphatic rings. The van der Waals surface area contributed by atoms with Crippen LogP contribution in [0.2, 0.25) is 0 Å². The first-order valence-electron chi connectivity index (χ1n) is 5.55. The second-order valence-electron chi connectivity index (χ2n) is 3.89. The van der Waals surface area contributed by atoms with Crippen LogP contribution < -0.4 is 4.74 Å². The number of ether oxygens (including phenoxy) is 1. The Labute approximate surface area is 105 Å². The van der Waals surface area contributed by atoms with Gasteiger partial charge in [0.05, 0.1) is 12.8 Å². The molecule has 0 aliphatic heterocycles. The molecule has 4 nitrogen and oxygen atoms in total. The number of rotatable bonds is 3. The summed E-state index contributed by atoms with van der Waals surface area (Å²) in [5.41, 5.74) is 12.3. The number of nitrogens with zero attached hydrogens (tertiary/aromatic N) is 3. The summed E-state index contributed by atoms with van der Waals surface area (Å²) in [4.78, 5) is 2.80. The van der Waals surface area contributed by atoms with Crippen molar-refractivity contribution < 1.29 is 4.74 Å². The van der Waals surface area contributed by atoms with Crippen molar-refractivity contribution in [2.24, 2.45) is 5.11 Å². The molecule has 0 heterocycles. The summed E-state index contributed by atoms with van der Waals surface area (Å²) >= 11 is 0. The van der Waals surface area contributed by atoms with Gasteiger partial charge in [0.15, 0.2) is 0 Å². The van der Waals surface area contributed by atoms with Crippen LogP contribution in [-0.4, -0.2) is 7.11 Å². The van der Waals surface area contributed by atoms with Gasteiger partial charge in [-0.15, -0.1) is 0 Å². The maximum absolute atomic E-state index is 8.52. The summed E-state index contributed by atoms with van der Waals surface area (Å²) in [6, 6.07) is 13.8. The Balaban J connectivity index is 2.60. The van der Waals surface area contributed by atoms with Gasteiger partial charge in [-0.1, -0.05) is 35.4 Å². The zero-order valence-corrected chi connectivity index (χ0v) is 10.3. The maximum atomic E-state index is 8.52. The van der Waals surface area contributed by atoms with Crippen molar-refractivity contribution in [1.82, 2.24) is 0 Å². The van der Waals surface area contributed by atoms with Gasteiger partial charge in [-0.3, -0.25) is 0 Å². The van der Waals surface area contributed by atoms with Crippen LogP contribution in [0.15, 0.2) is 47.6 Å². The molecule has 4 heteroatoms. The minimum absolute atomic E-state index is 0.511. The Morgan fingerprint density at radius 1 is 1.17 bits per heavy atom. The molecule has 0 saturated carbocycles. The van der Waals surface area contributed by atoms with E-state index in [1.807, 2.05) is 49.4 Å². The third-order valence-electron chi connectivity index (χ3n) is 2.76. The first kappa shape index (κ1) is 12.0. The smallest absolute Gasteiger partial charge is 0.129 e. The topological polar surface area (TPSA) is 58.0 Å². The molecule has 0 fully saturated rings. The largest absolute Gasteiger partial charge is 0.496 e. The van der Waals surface area contributed by atoms with Crippen molar-refractivity contribution in [3.63, 3.8) is 0 Å². The molecule has 0 unspecified atom stereocenters. The first-order valence-corrected chi connectivity index (χ1v) is 5.55. The van der Waals surface area contributed by atoms with Crippen LogP contribution >= 0.6 is 0 Å². The number of aryl methyl sites for hydroxylation is 1. The number of benzene rings is 2. The number of azide groups is 1. The molecule has 2 rings (SSSR count). The lowest BCUT2D eigenvalue weighted by atomic mass is 9.99. The van der Waals surface area contributed by atoms with Crippen LogP contribution in [0.5, 0.6) is 5.75 Å². The molecule has 90 valence electrons. The molecule has 2 aromatic rings. The number of hydrogen-bond acceptors (Lipinski definition) is 2. The maximum Gasteiger partial charge on any atom is 0.129 e. The van der Waals surface area contributed by atoms with Gasteiger partial charge in [0.1, 0.15) is 5.75 Å². The summed E-state index contributed by atoms with van der Waals surface area (Å²) < 4.78 is 5.25. The van der Waals surface area contributed by atoms with Gasteiger partial charge in [0.25, 0.3) is 0 Å². The second kappa shape index (κ2) is 5.25. The minimum atomic E-state index is 0.511. The van der Waals surface area contributed by atoms with Gasteiger partial charge >= 0.3 is 0 Å². The van der Waals surface area contributed by atoms with Gasteiger partial charge in [-0.2, -0.15) is 0 Å². The third-order valence-corrected chi connectivity index (χ3v) is 2.76. The Morgan fingerprint density at radius 3 is 2.50 bits per heavy atom. The molecule has 0 aliphatic carbocycles. The minimum Gasteiger partial charge on any atom is -0.496 e. The van der Waals surface area contributed by atoms with E-state index in [1.54, 1.807) is 7.11 Å². The fourth-order valence-electron chi connectivity index (χ4n) is 1.89. The molecule has 0 bridgehead atoms. The van der Waals surface area contributed by atoms with Crippen molar-refractivity contribution >= 4 is 5.69 Å². The van der Waals surface area contributed by atoms with Crippen molar-refractivity contribution in [3.05, 3.63) is 58.5 Å². The highest BCUT2D eigenvalue weighted by Gasteiger charge is 2.08. The average Bonchev–Trinajstić information content (AvgIpc) is 2.40. The van der Waals surface area contributed by atoms with Gasteiger partial charge in [0.2, 0.25) is 0 Å². The van der Waals surface area contributed by atoms with E-state index in [0.29, 0.717) is 11.4 Å². The van der Waals surface area contributed by atoms with Crippen LogP contribution in [0, 0.1) is 6.92 Å². The Bertz CT molecular complexity index is 602. The van der Waals surface area contributed by atoms with E-state index in [4.69, 9.17) is 10.3 Å². The monoisotopic (exact) mass is 239 g/mol. The van der Waals surface area contributed by atoms with Crippen LogP contribution in [-0.2, 0) is 0 Å². The van der Waals surface area contributed by atoms with E-state index >= 15 is 0 Å².